The summed E-state index contributed by atoms with van der Waals surface area (Å²) < 4.78 is 7.42. The van der Waals surface area contributed by atoms with Gasteiger partial charge in [0.2, 0.25) is 0 Å². The van der Waals surface area contributed by atoms with Crippen LogP contribution in [0.25, 0.3) is 0 Å². The molecule has 1 aliphatic heterocycles. The number of aliphatic imine (C=N–C) groups is 1. The van der Waals surface area contributed by atoms with Crippen LogP contribution in [0, 0.1) is 0 Å². The van der Waals surface area contributed by atoms with E-state index in [0.717, 1.165) is 50.9 Å². The highest BCUT2D eigenvalue weighted by atomic mass is 127. The Balaban J connectivity index is 0.00000300. The van der Waals surface area contributed by atoms with Gasteiger partial charge in [-0.05, 0) is 19.4 Å². The molecule has 160 valence electrons. The van der Waals surface area contributed by atoms with E-state index in [4.69, 9.17) is 4.74 Å². The van der Waals surface area contributed by atoms with E-state index in [2.05, 4.69) is 69.9 Å². The molecule has 2 N–H and O–H groups in total. The van der Waals surface area contributed by atoms with E-state index in [1.54, 1.807) is 7.05 Å². The van der Waals surface area contributed by atoms with Gasteiger partial charge in [0.25, 0.3) is 0 Å². The smallest absolute Gasteiger partial charge is 0.191 e. The van der Waals surface area contributed by atoms with Gasteiger partial charge in [0, 0.05) is 50.5 Å². The zero-order valence-electron chi connectivity index (χ0n) is 17.6. The summed E-state index contributed by atoms with van der Waals surface area (Å²) in [5.41, 5.74) is 2.42. The molecule has 1 aromatic heterocycles. The molecule has 1 aliphatic rings. The second kappa shape index (κ2) is 11.5. The van der Waals surface area contributed by atoms with Crippen molar-refractivity contribution in [1.29, 1.82) is 0 Å². The summed E-state index contributed by atoms with van der Waals surface area (Å²) in [7, 11) is 1.80. The molecular formula is C21H33IN6O. The molecule has 0 amide bonds. The molecule has 8 heteroatoms. The standard InChI is InChI=1S/C21H32N6O.HI/c1-21(2,26-9-11-28-12-10-26)17-24-20(22-3)23-13-19-14-25-27(16-19)15-18-7-5-4-6-8-18;/h4-8,14,16H,9-13,15,17H2,1-3H3,(H2,22,23,24);1H. The number of nitrogens with zero attached hydrogens (tertiary/aromatic N) is 4. The van der Waals surface area contributed by atoms with E-state index < -0.39 is 0 Å². The van der Waals surface area contributed by atoms with E-state index in [1.807, 2.05) is 16.9 Å². The van der Waals surface area contributed by atoms with E-state index in [0.29, 0.717) is 6.54 Å². The largest absolute Gasteiger partial charge is 0.379 e. The van der Waals surface area contributed by atoms with Crippen molar-refractivity contribution >= 4 is 29.9 Å². The summed E-state index contributed by atoms with van der Waals surface area (Å²) in [6.07, 6.45) is 3.98. The predicted molar refractivity (Wildman–Crippen MR) is 128 cm³/mol. The van der Waals surface area contributed by atoms with Crippen molar-refractivity contribution in [3.05, 3.63) is 53.9 Å². The maximum absolute atomic E-state index is 5.46. The van der Waals surface area contributed by atoms with Crippen LogP contribution in [-0.2, 0) is 17.8 Å². The zero-order valence-corrected chi connectivity index (χ0v) is 19.9. The first-order chi connectivity index (χ1) is 13.6. The van der Waals surface area contributed by atoms with Crippen LogP contribution in [0.3, 0.4) is 0 Å². The number of nitrogens with one attached hydrogen (secondary N) is 2. The van der Waals surface area contributed by atoms with Crippen molar-refractivity contribution in [2.45, 2.75) is 32.5 Å². The van der Waals surface area contributed by atoms with Crippen molar-refractivity contribution in [2.75, 3.05) is 39.9 Å². The fraction of sp³-hybridized carbons (Fsp3) is 0.524. The predicted octanol–water partition coefficient (Wildman–Crippen LogP) is 2.33. The summed E-state index contributed by atoms with van der Waals surface area (Å²) >= 11 is 0. The molecular weight excluding hydrogens is 479 g/mol. The molecule has 0 atom stereocenters. The molecule has 0 bridgehead atoms. The molecule has 0 aliphatic carbocycles. The Morgan fingerprint density at radius 3 is 2.55 bits per heavy atom. The molecule has 0 spiro atoms. The molecule has 1 fully saturated rings. The lowest BCUT2D eigenvalue weighted by Crippen LogP contribution is -2.56. The molecule has 2 aromatic rings. The lowest BCUT2D eigenvalue weighted by Gasteiger charge is -2.41. The Hall–Kier alpha value is -1.65. The number of rotatable bonds is 7. The van der Waals surface area contributed by atoms with Gasteiger partial charge in [-0.15, -0.1) is 24.0 Å². The van der Waals surface area contributed by atoms with Gasteiger partial charge in [-0.2, -0.15) is 5.10 Å². The van der Waals surface area contributed by atoms with Crippen LogP contribution in [0.5, 0.6) is 0 Å². The molecule has 1 saturated heterocycles. The average Bonchev–Trinajstić information content (AvgIpc) is 3.17. The van der Waals surface area contributed by atoms with E-state index in [1.165, 1.54) is 5.56 Å². The second-order valence-corrected chi connectivity index (χ2v) is 7.72. The summed E-state index contributed by atoms with van der Waals surface area (Å²) in [5, 5.41) is 11.3. The second-order valence-electron chi connectivity index (χ2n) is 7.72. The molecule has 1 aromatic carbocycles. The maximum atomic E-state index is 5.46. The van der Waals surface area contributed by atoms with E-state index in [-0.39, 0.29) is 29.5 Å². The van der Waals surface area contributed by atoms with Crippen LogP contribution in [-0.4, -0.2) is 66.1 Å². The van der Waals surface area contributed by atoms with Gasteiger partial charge in [-0.1, -0.05) is 30.3 Å². The quantitative estimate of drug-likeness (QED) is 0.339. The first kappa shape index (κ1) is 23.6. The molecule has 3 rings (SSSR count). The Morgan fingerprint density at radius 1 is 1.14 bits per heavy atom. The number of halogens is 1. The fourth-order valence-corrected chi connectivity index (χ4v) is 3.34. The van der Waals surface area contributed by atoms with Crippen LogP contribution < -0.4 is 10.6 Å². The number of morpholine rings is 1. The van der Waals surface area contributed by atoms with Crippen molar-refractivity contribution in [3.8, 4) is 0 Å². The third-order valence-electron chi connectivity index (χ3n) is 5.11. The Labute approximate surface area is 190 Å². The van der Waals surface area contributed by atoms with Gasteiger partial charge >= 0.3 is 0 Å². The highest BCUT2D eigenvalue weighted by Gasteiger charge is 2.28. The van der Waals surface area contributed by atoms with Crippen LogP contribution in [0.2, 0.25) is 0 Å². The Morgan fingerprint density at radius 2 is 1.86 bits per heavy atom. The van der Waals surface area contributed by atoms with Gasteiger partial charge in [-0.3, -0.25) is 14.6 Å². The van der Waals surface area contributed by atoms with Gasteiger partial charge in [-0.25, -0.2) is 0 Å². The van der Waals surface area contributed by atoms with Crippen LogP contribution in [0.15, 0.2) is 47.7 Å². The third-order valence-corrected chi connectivity index (χ3v) is 5.11. The molecule has 0 saturated carbocycles. The number of aromatic nitrogens is 2. The number of hydrogen-bond acceptors (Lipinski definition) is 4. The molecule has 29 heavy (non-hydrogen) atoms. The topological polar surface area (TPSA) is 66.7 Å². The normalized spacial score (nSPS) is 15.6. The number of guanidine groups is 1. The Kier molecular flexibility index (Phi) is 9.38. The van der Waals surface area contributed by atoms with Crippen molar-refractivity contribution < 1.29 is 4.74 Å². The maximum Gasteiger partial charge on any atom is 0.191 e. The number of benzene rings is 1. The first-order valence-electron chi connectivity index (χ1n) is 9.89. The number of hydrogen-bond donors (Lipinski definition) is 2. The van der Waals surface area contributed by atoms with E-state index >= 15 is 0 Å². The highest BCUT2D eigenvalue weighted by Crippen LogP contribution is 2.15. The monoisotopic (exact) mass is 512 g/mol. The summed E-state index contributed by atoms with van der Waals surface area (Å²) in [4.78, 5) is 6.81. The summed E-state index contributed by atoms with van der Waals surface area (Å²) in [6.45, 7) is 10.4. The average molecular weight is 512 g/mol. The van der Waals surface area contributed by atoms with Crippen molar-refractivity contribution in [3.63, 3.8) is 0 Å². The molecule has 2 heterocycles. The summed E-state index contributed by atoms with van der Waals surface area (Å²) in [5.74, 6) is 0.803. The molecule has 0 radical (unpaired) electrons. The first-order valence-corrected chi connectivity index (χ1v) is 9.89. The number of ether oxygens (including phenoxy) is 1. The minimum absolute atomic E-state index is 0. The minimum Gasteiger partial charge on any atom is -0.379 e. The van der Waals surface area contributed by atoms with Gasteiger partial charge in [0.1, 0.15) is 0 Å². The zero-order chi connectivity index (χ0) is 19.8. The van der Waals surface area contributed by atoms with E-state index in [9.17, 15) is 0 Å². The fourth-order valence-electron chi connectivity index (χ4n) is 3.34. The molecule has 7 nitrogen and oxygen atoms in total. The lowest BCUT2D eigenvalue weighted by molar-refractivity contribution is -0.00834. The third kappa shape index (κ3) is 7.27. The van der Waals surface area contributed by atoms with Crippen molar-refractivity contribution in [1.82, 2.24) is 25.3 Å². The lowest BCUT2D eigenvalue weighted by atomic mass is 10.0. The van der Waals surface area contributed by atoms with Crippen LogP contribution >= 0.6 is 24.0 Å². The highest BCUT2D eigenvalue weighted by molar-refractivity contribution is 14.0. The van der Waals surface area contributed by atoms with Gasteiger partial charge < -0.3 is 15.4 Å². The molecule has 0 unspecified atom stereocenters. The van der Waals surface area contributed by atoms with Crippen LogP contribution in [0.1, 0.15) is 25.0 Å². The Bertz CT molecular complexity index is 756. The summed E-state index contributed by atoms with van der Waals surface area (Å²) in [6, 6.07) is 10.4. The minimum atomic E-state index is 0. The van der Waals surface area contributed by atoms with Gasteiger partial charge in [0.05, 0.1) is 26.0 Å². The SMILES string of the molecule is CN=C(NCc1cnn(Cc2ccccc2)c1)NCC(C)(C)N1CCOCC1.I. The van der Waals surface area contributed by atoms with Crippen LogP contribution in [0.4, 0.5) is 0 Å². The van der Waals surface area contributed by atoms with Crippen molar-refractivity contribution in [2.24, 2.45) is 4.99 Å². The van der Waals surface area contributed by atoms with Gasteiger partial charge in [0.15, 0.2) is 5.96 Å².